The van der Waals surface area contributed by atoms with Gasteiger partial charge in [-0.1, -0.05) is 74.5 Å². The van der Waals surface area contributed by atoms with Crippen LogP contribution in [0.1, 0.15) is 31.4 Å². The van der Waals surface area contributed by atoms with E-state index in [1.807, 2.05) is 36.4 Å². The molecule has 24 heavy (non-hydrogen) atoms. The van der Waals surface area contributed by atoms with Crippen LogP contribution in [0.15, 0.2) is 60.7 Å². The summed E-state index contributed by atoms with van der Waals surface area (Å²) in [6.45, 7) is 5.72. The van der Waals surface area contributed by atoms with Crippen molar-refractivity contribution in [2.75, 3.05) is 7.11 Å². The van der Waals surface area contributed by atoms with Crippen molar-refractivity contribution >= 4 is 5.97 Å². The molecule has 0 radical (unpaired) electrons. The van der Waals surface area contributed by atoms with Crippen LogP contribution in [0.4, 0.5) is 0 Å². The fraction of sp³-hybridized carbons (Fsp3) is 0.381. The molecule has 0 heterocycles. The SMILES string of the molecule is COC(=O)[C@H](CC(C)C)N(Cc1ccccc1)Cc1ccccc1. The fourth-order valence-corrected chi connectivity index (χ4v) is 2.89. The van der Waals surface area contributed by atoms with Crippen LogP contribution in [-0.4, -0.2) is 24.0 Å². The summed E-state index contributed by atoms with van der Waals surface area (Å²) in [5.74, 6) is 0.263. The van der Waals surface area contributed by atoms with E-state index < -0.39 is 0 Å². The Morgan fingerprint density at radius 1 is 0.917 bits per heavy atom. The predicted octanol–water partition coefficient (Wildman–Crippen LogP) is 4.28. The zero-order chi connectivity index (χ0) is 17.4. The van der Waals surface area contributed by atoms with Gasteiger partial charge in [0.05, 0.1) is 7.11 Å². The quantitative estimate of drug-likeness (QED) is 0.679. The number of carbonyl (C=O) groups excluding carboxylic acids is 1. The molecule has 3 nitrogen and oxygen atoms in total. The number of ether oxygens (including phenoxy) is 1. The minimum Gasteiger partial charge on any atom is -0.468 e. The lowest BCUT2D eigenvalue weighted by Crippen LogP contribution is -2.42. The van der Waals surface area contributed by atoms with Gasteiger partial charge in [0, 0.05) is 13.1 Å². The van der Waals surface area contributed by atoms with Gasteiger partial charge in [-0.15, -0.1) is 0 Å². The Kier molecular flexibility index (Phi) is 7.01. The molecule has 128 valence electrons. The van der Waals surface area contributed by atoms with Gasteiger partial charge >= 0.3 is 5.97 Å². The molecule has 2 rings (SSSR count). The molecule has 0 aliphatic heterocycles. The van der Waals surface area contributed by atoms with E-state index in [2.05, 4.69) is 43.0 Å². The van der Waals surface area contributed by atoms with Gasteiger partial charge in [0.15, 0.2) is 0 Å². The summed E-state index contributed by atoms with van der Waals surface area (Å²) in [6.07, 6.45) is 0.784. The molecule has 0 aromatic heterocycles. The molecule has 2 aromatic carbocycles. The van der Waals surface area contributed by atoms with Crippen LogP contribution in [0, 0.1) is 5.92 Å². The van der Waals surface area contributed by atoms with Crippen molar-refractivity contribution in [1.29, 1.82) is 0 Å². The molecule has 2 aromatic rings. The van der Waals surface area contributed by atoms with Crippen molar-refractivity contribution in [3.05, 3.63) is 71.8 Å². The summed E-state index contributed by atoms with van der Waals surface area (Å²) in [5.41, 5.74) is 2.40. The second-order valence-electron chi connectivity index (χ2n) is 6.54. The molecular formula is C21H27NO2. The van der Waals surface area contributed by atoms with Gasteiger partial charge in [-0.2, -0.15) is 0 Å². The molecule has 3 heteroatoms. The van der Waals surface area contributed by atoms with Crippen molar-refractivity contribution in [2.24, 2.45) is 5.92 Å². The van der Waals surface area contributed by atoms with Crippen LogP contribution in [0.5, 0.6) is 0 Å². The molecule has 0 N–H and O–H groups in total. The first-order valence-corrected chi connectivity index (χ1v) is 8.50. The van der Waals surface area contributed by atoms with E-state index in [1.165, 1.54) is 18.2 Å². The number of benzene rings is 2. The maximum Gasteiger partial charge on any atom is 0.323 e. The van der Waals surface area contributed by atoms with Crippen LogP contribution in [0.25, 0.3) is 0 Å². The average Bonchev–Trinajstić information content (AvgIpc) is 2.60. The lowest BCUT2D eigenvalue weighted by atomic mass is 10.0. The highest BCUT2D eigenvalue weighted by atomic mass is 16.5. The summed E-state index contributed by atoms with van der Waals surface area (Å²) >= 11 is 0. The molecule has 1 atom stereocenters. The lowest BCUT2D eigenvalue weighted by molar-refractivity contribution is -0.148. The fourth-order valence-electron chi connectivity index (χ4n) is 2.89. The first-order chi connectivity index (χ1) is 11.6. The Hall–Kier alpha value is -2.13. The van der Waals surface area contributed by atoms with E-state index in [-0.39, 0.29) is 12.0 Å². The number of hydrogen-bond donors (Lipinski definition) is 0. The monoisotopic (exact) mass is 325 g/mol. The minimum atomic E-state index is -0.240. The van der Waals surface area contributed by atoms with Gasteiger partial charge in [-0.05, 0) is 23.5 Å². The molecule has 0 saturated carbocycles. The average molecular weight is 325 g/mol. The zero-order valence-corrected chi connectivity index (χ0v) is 14.8. The normalized spacial score (nSPS) is 12.4. The topological polar surface area (TPSA) is 29.5 Å². The van der Waals surface area contributed by atoms with Gasteiger partial charge in [-0.3, -0.25) is 9.69 Å². The Morgan fingerprint density at radius 3 is 1.75 bits per heavy atom. The number of methoxy groups -OCH3 is 1. The molecular weight excluding hydrogens is 298 g/mol. The van der Waals surface area contributed by atoms with Crippen LogP contribution < -0.4 is 0 Å². The second kappa shape index (κ2) is 9.24. The third-order valence-corrected chi connectivity index (χ3v) is 4.07. The predicted molar refractivity (Wildman–Crippen MR) is 97.4 cm³/mol. The van der Waals surface area contributed by atoms with E-state index in [4.69, 9.17) is 4.74 Å². The Bertz CT molecular complexity index is 569. The number of carbonyl (C=O) groups is 1. The van der Waals surface area contributed by atoms with E-state index in [0.29, 0.717) is 5.92 Å². The van der Waals surface area contributed by atoms with Crippen molar-refractivity contribution < 1.29 is 9.53 Å². The largest absolute Gasteiger partial charge is 0.468 e. The van der Waals surface area contributed by atoms with E-state index in [9.17, 15) is 4.79 Å². The molecule has 0 fully saturated rings. The molecule has 0 spiro atoms. The molecule has 0 unspecified atom stereocenters. The highest BCUT2D eigenvalue weighted by Gasteiger charge is 2.27. The zero-order valence-electron chi connectivity index (χ0n) is 14.8. The summed E-state index contributed by atoms with van der Waals surface area (Å²) in [5, 5.41) is 0. The summed E-state index contributed by atoms with van der Waals surface area (Å²) in [6, 6.07) is 20.3. The number of esters is 1. The summed E-state index contributed by atoms with van der Waals surface area (Å²) in [7, 11) is 1.47. The van der Waals surface area contributed by atoms with E-state index in [0.717, 1.165) is 19.5 Å². The standard InChI is InChI=1S/C21H27NO2/c1-17(2)14-20(21(23)24-3)22(15-18-10-6-4-7-11-18)16-19-12-8-5-9-13-19/h4-13,17,20H,14-16H2,1-3H3/t20-/m0/s1. The number of hydrogen-bond acceptors (Lipinski definition) is 3. The Balaban J connectivity index is 2.26. The van der Waals surface area contributed by atoms with Crippen LogP contribution in [0.3, 0.4) is 0 Å². The molecule has 0 aliphatic rings. The van der Waals surface area contributed by atoms with Crippen molar-refractivity contribution in [2.45, 2.75) is 39.4 Å². The first-order valence-electron chi connectivity index (χ1n) is 8.50. The van der Waals surface area contributed by atoms with Gasteiger partial charge in [0.25, 0.3) is 0 Å². The third-order valence-electron chi connectivity index (χ3n) is 4.07. The van der Waals surface area contributed by atoms with E-state index >= 15 is 0 Å². The molecule has 0 saturated heterocycles. The summed E-state index contributed by atoms with van der Waals surface area (Å²) in [4.78, 5) is 14.6. The minimum absolute atomic E-state index is 0.157. The van der Waals surface area contributed by atoms with Crippen LogP contribution in [0.2, 0.25) is 0 Å². The van der Waals surface area contributed by atoms with E-state index in [1.54, 1.807) is 0 Å². The van der Waals surface area contributed by atoms with Crippen molar-refractivity contribution in [3.63, 3.8) is 0 Å². The maximum absolute atomic E-state index is 12.4. The lowest BCUT2D eigenvalue weighted by Gasteiger charge is -2.31. The second-order valence-corrected chi connectivity index (χ2v) is 6.54. The highest BCUT2D eigenvalue weighted by Crippen LogP contribution is 2.19. The molecule has 0 bridgehead atoms. The maximum atomic E-state index is 12.4. The van der Waals surface area contributed by atoms with Gasteiger partial charge in [-0.25, -0.2) is 0 Å². The molecule has 0 aliphatic carbocycles. The smallest absolute Gasteiger partial charge is 0.323 e. The number of rotatable bonds is 8. The Labute approximate surface area is 145 Å². The van der Waals surface area contributed by atoms with Crippen LogP contribution >= 0.6 is 0 Å². The van der Waals surface area contributed by atoms with Crippen molar-refractivity contribution in [1.82, 2.24) is 4.90 Å². The Morgan fingerprint density at radius 2 is 1.38 bits per heavy atom. The van der Waals surface area contributed by atoms with Crippen LogP contribution in [-0.2, 0) is 22.6 Å². The van der Waals surface area contributed by atoms with Crippen molar-refractivity contribution in [3.8, 4) is 0 Å². The third kappa shape index (κ3) is 5.50. The summed E-state index contributed by atoms with van der Waals surface area (Å²) < 4.78 is 5.09. The van der Waals surface area contributed by atoms with Gasteiger partial charge in [0.2, 0.25) is 0 Å². The van der Waals surface area contributed by atoms with Gasteiger partial charge < -0.3 is 4.74 Å². The first kappa shape index (κ1) is 18.2. The molecule has 0 amide bonds. The van der Waals surface area contributed by atoms with Gasteiger partial charge in [0.1, 0.15) is 6.04 Å². The number of nitrogens with zero attached hydrogens (tertiary/aromatic N) is 1. The highest BCUT2D eigenvalue weighted by molar-refractivity contribution is 5.75.